The van der Waals surface area contributed by atoms with Crippen molar-refractivity contribution in [3.8, 4) is 11.5 Å². The lowest BCUT2D eigenvalue weighted by molar-refractivity contribution is -0.140. The van der Waals surface area contributed by atoms with Gasteiger partial charge >= 0.3 is 6.61 Å². The molecule has 9 heteroatoms. The zero-order valence-corrected chi connectivity index (χ0v) is 16.2. The zero-order chi connectivity index (χ0) is 21.0. The molecule has 158 valence electrons. The first-order valence-electron chi connectivity index (χ1n) is 9.64. The van der Waals surface area contributed by atoms with Gasteiger partial charge in [-0.15, -0.1) is 0 Å². The maximum absolute atomic E-state index is 12.4. The second kappa shape index (κ2) is 9.19. The van der Waals surface area contributed by atoms with E-state index in [1.807, 2.05) is 0 Å². The van der Waals surface area contributed by atoms with Crippen LogP contribution in [0, 0.1) is 11.8 Å². The Kier molecular flexibility index (Phi) is 6.66. The number of halogens is 2. The summed E-state index contributed by atoms with van der Waals surface area (Å²) in [6, 6.07) is 4.38. The van der Waals surface area contributed by atoms with Crippen molar-refractivity contribution < 1.29 is 32.6 Å². The van der Waals surface area contributed by atoms with Crippen LogP contribution in [0.15, 0.2) is 18.2 Å². The van der Waals surface area contributed by atoms with Crippen LogP contribution in [0.25, 0.3) is 0 Å². The number of benzene rings is 1. The van der Waals surface area contributed by atoms with E-state index in [0.717, 1.165) is 25.7 Å². The summed E-state index contributed by atoms with van der Waals surface area (Å²) in [5.74, 6) is -1.04. The van der Waals surface area contributed by atoms with Crippen LogP contribution < -0.4 is 14.8 Å². The standard InChI is InChI=1S/C20H24F2N2O5/c1-28-16-10-12(6-7-15(16)29-20(21)22)11-23-17(25)8-9-24-18(26)13-4-2-3-5-14(13)19(24)27/h6-7,10,13-14,20H,2-5,8-9,11H2,1H3,(H,23,25)/t13-,14+. The number of imide groups is 1. The molecule has 1 saturated carbocycles. The molecular weight excluding hydrogens is 386 g/mol. The number of rotatable bonds is 8. The van der Waals surface area contributed by atoms with Gasteiger partial charge in [0, 0.05) is 19.5 Å². The molecule has 0 unspecified atom stereocenters. The molecule has 3 rings (SSSR count). The van der Waals surface area contributed by atoms with E-state index >= 15 is 0 Å². The van der Waals surface area contributed by atoms with E-state index in [4.69, 9.17) is 4.74 Å². The van der Waals surface area contributed by atoms with E-state index in [-0.39, 0.29) is 60.6 Å². The predicted molar refractivity (Wildman–Crippen MR) is 98.3 cm³/mol. The molecule has 1 aromatic rings. The van der Waals surface area contributed by atoms with Crippen LogP contribution in [-0.4, -0.2) is 42.9 Å². The van der Waals surface area contributed by atoms with Crippen LogP contribution >= 0.6 is 0 Å². The van der Waals surface area contributed by atoms with E-state index in [1.165, 1.54) is 24.1 Å². The molecule has 1 aromatic carbocycles. The average molecular weight is 410 g/mol. The summed E-state index contributed by atoms with van der Waals surface area (Å²) < 4.78 is 34.1. The third-order valence-corrected chi connectivity index (χ3v) is 5.43. The van der Waals surface area contributed by atoms with Crippen molar-refractivity contribution in [3.63, 3.8) is 0 Å². The van der Waals surface area contributed by atoms with Gasteiger partial charge in [0.05, 0.1) is 18.9 Å². The summed E-state index contributed by atoms with van der Waals surface area (Å²) >= 11 is 0. The zero-order valence-electron chi connectivity index (χ0n) is 16.2. The summed E-state index contributed by atoms with van der Waals surface area (Å²) in [4.78, 5) is 38.2. The van der Waals surface area contributed by atoms with Crippen LogP contribution in [-0.2, 0) is 20.9 Å². The van der Waals surface area contributed by atoms with Crippen molar-refractivity contribution in [2.75, 3.05) is 13.7 Å². The van der Waals surface area contributed by atoms with E-state index in [9.17, 15) is 23.2 Å². The molecule has 2 fully saturated rings. The summed E-state index contributed by atoms with van der Waals surface area (Å²) in [5, 5.41) is 2.69. The SMILES string of the molecule is COc1cc(CNC(=O)CCN2C(=O)[C@H]3CCCC[C@H]3C2=O)ccc1OC(F)F. The molecule has 2 aliphatic rings. The molecule has 0 radical (unpaired) electrons. The fourth-order valence-electron chi connectivity index (χ4n) is 3.97. The number of hydrogen-bond donors (Lipinski definition) is 1. The minimum atomic E-state index is -2.96. The lowest BCUT2D eigenvalue weighted by Crippen LogP contribution is -2.35. The number of alkyl halides is 2. The fraction of sp³-hybridized carbons (Fsp3) is 0.550. The molecule has 7 nitrogen and oxygen atoms in total. The molecule has 1 aliphatic heterocycles. The maximum Gasteiger partial charge on any atom is 0.387 e. The van der Waals surface area contributed by atoms with Crippen molar-refractivity contribution in [2.45, 2.75) is 45.3 Å². The molecule has 29 heavy (non-hydrogen) atoms. The normalized spacial score (nSPS) is 21.3. The molecule has 0 aromatic heterocycles. The third-order valence-electron chi connectivity index (χ3n) is 5.43. The van der Waals surface area contributed by atoms with Gasteiger partial charge in [-0.1, -0.05) is 18.9 Å². The summed E-state index contributed by atoms with van der Waals surface area (Å²) in [5.41, 5.74) is 0.635. The van der Waals surface area contributed by atoms with Gasteiger partial charge in [-0.05, 0) is 30.5 Å². The molecule has 0 spiro atoms. The van der Waals surface area contributed by atoms with E-state index in [1.54, 1.807) is 6.07 Å². The molecule has 1 aliphatic carbocycles. The van der Waals surface area contributed by atoms with Crippen molar-refractivity contribution in [1.82, 2.24) is 10.2 Å². The van der Waals surface area contributed by atoms with Crippen LogP contribution in [0.1, 0.15) is 37.7 Å². The summed E-state index contributed by atoms with van der Waals surface area (Å²) in [6.07, 6.45) is 3.41. The van der Waals surface area contributed by atoms with Crippen LogP contribution in [0.4, 0.5) is 8.78 Å². The van der Waals surface area contributed by atoms with Gasteiger partial charge in [0.15, 0.2) is 11.5 Å². The van der Waals surface area contributed by atoms with Crippen molar-refractivity contribution >= 4 is 17.7 Å². The summed E-state index contributed by atoms with van der Waals surface area (Å²) in [6.45, 7) is -2.74. The number of nitrogens with zero attached hydrogens (tertiary/aromatic N) is 1. The molecule has 0 bridgehead atoms. The van der Waals surface area contributed by atoms with E-state index < -0.39 is 6.61 Å². The second-order valence-corrected chi connectivity index (χ2v) is 7.22. The van der Waals surface area contributed by atoms with Crippen molar-refractivity contribution in [2.24, 2.45) is 11.8 Å². The highest BCUT2D eigenvalue weighted by Crippen LogP contribution is 2.38. The molecular formula is C20H24F2N2O5. The number of hydrogen-bond acceptors (Lipinski definition) is 5. The van der Waals surface area contributed by atoms with Crippen LogP contribution in [0.5, 0.6) is 11.5 Å². The lowest BCUT2D eigenvalue weighted by Gasteiger charge is -2.19. The first-order valence-corrected chi connectivity index (χ1v) is 9.64. The van der Waals surface area contributed by atoms with E-state index in [0.29, 0.717) is 5.56 Å². The number of amides is 3. The number of carbonyl (C=O) groups is 3. The highest BCUT2D eigenvalue weighted by molar-refractivity contribution is 6.05. The Labute approximate surface area is 167 Å². The number of ether oxygens (including phenoxy) is 2. The first kappa shape index (κ1) is 21.0. The van der Waals surface area contributed by atoms with Gasteiger partial charge < -0.3 is 14.8 Å². The number of nitrogens with one attached hydrogen (secondary N) is 1. The fourth-order valence-corrected chi connectivity index (χ4v) is 3.97. The minimum absolute atomic E-state index is 0.0145. The number of carbonyl (C=O) groups excluding carboxylic acids is 3. The number of methoxy groups -OCH3 is 1. The number of fused-ring (bicyclic) bond motifs is 1. The van der Waals surface area contributed by atoms with E-state index in [2.05, 4.69) is 10.1 Å². The Morgan fingerprint density at radius 2 is 1.83 bits per heavy atom. The Morgan fingerprint density at radius 1 is 1.17 bits per heavy atom. The average Bonchev–Trinajstić information content (AvgIpc) is 2.95. The minimum Gasteiger partial charge on any atom is -0.493 e. The van der Waals surface area contributed by atoms with Gasteiger partial charge in [-0.3, -0.25) is 19.3 Å². The van der Waals surface area contributed by atoms with Gasteiger partial charge in [-0.2, -0.15) is 8.78 Å². The molecule has 3 amide bonds. The highest BCUT2D eigenvalue weighted by Gasteiger charge is 2.47. The monoisotopic (exact) mass is 410 g/mol. The van der Waals surface area contributed by atoms with Gasteiger partial charge in [0.25, 0.3) is 0 Å². The molecule has 2 atom stereocenters. The number of likely N-dealkylation sites (tertiary alicyclic amines) is 1. The van der Waals surface area contributed by atoms with Crippen molar-refractivity contribution in [3.05, 3.63) is 23.8 Å². The molecule has 1 N–H and O–H groups in total. The Bertz CT molecular complexity index is 762. The molecule has 1 saturated heterocycles. The Balaban J connectivity index is 1.50. The van der Waals surface area contributed by atoms with Crippen LogP contribution in [0.3, 0.4) is 0 Å². The highest BCUT2D eigenvalue weighted by atomic mass is 19.3. The molecule has 1 heterocycles. The van der Waals surface area contributed by atoms with Crippen LogP contribution in [0.2, 0.25) is 0 Å². The van der Waals surface area contributed by atoms with Crippen molar-refractivity contribution in [1.29, 1.82) is 0 Å². The quantitative estimate of drug-likeness (QED) is 0.666. The predicted octanol–water partition coefficient (Wildman–Crippen LogP) is 2.48. The second-order valence-electron chi connectivity index (χ2n) is 7.22. The van der Waals surface area contributed by atoms with Gasteiger partial charge in [0.2, 0.25) is 17.7 Å². The lowest BCUT2D eigenvalue weighted by atomic mass is 9.81. The maximum atomic E-state index is 12.4. The van der Waals surface area contributed by atoms with Gasteiger partial charge in [-0.25, -0.2) is 0 Å². The topological polar surface area (TPSA) is 84.9 Å². The Hall–Kier alpha value is -2.71. The van der Waals surface area contributed by atoms with Gasteiger partial charge in [0.1, 0.15) is 0 Å². The smallest absolute Gasteiger partial charge is 0.387 e. The summed E-state index contributed by atoms with van der Waals surface area (Å²) in [7, 11) is 1.33. The largest absolute Gasteiger partial charge is 0.493 e. The third kappa shape index (κ3) is 4.83. The first-order chi connectivity index (χ1) is 13.9. The Morgan fingerprint density at radius 3 is 2.41 bits per heavy atom.